The van der Waals surface area contributed by atoms with Gasteiger partial charge in [-0.1, -0.05) is 109 Å². The van der Waals surface area contributed by atoms with Crippen molar-refractivity contribution < 1.29 is 0 Å². The summed E-state index contributed by atoms with van der Waals surface area (Å²) >= 11 is 0. The van der Waals surface area contributed by atoms with Crippen molar-refractivity contribution in [1.29, 1.82) is 0 Å². The second-order valence-electron chi connectivity index (χ2n) is 8.99. The van der Waals surface area contributed by atoms with Gasteiger partial charge < -0.3 is 4.57 Å². The second kappa shape index (κ2) is 6.70. The lowest BCUT2D eigenvalue weighted by atomic mass is 9.67. The smallest absolute Gasteiger partial charge is 0.0713 e. The summed E-state index contributed by atoms with van der Waals surface area (Å²) < 4.78 is 2.33. The summed E-state index contributed by atoms with van der Waals surface area (Å²) in [6.45, 7) is 0. The van der Waals surface area contributed by atoms with Crippen LogP contribution in [0, 0.1) is 0 Å². The van der Waals surface area contributed by atoms with E-state index in [2.05, 4.69) is 133 Å². The Kier molecular flexibility index (Phi) is 3.75. The van der Waals surface area contributed by atoms with Crippen LogP contribution >= 0.6 is 0 Å². The second-order valence-corrected chi connectivity index (χ2v) is 8.99. The minimum absolute atomic E-state index is 0.348. The first-order chi connectivity index (χ1) is 16.3. The molecule has 5 aromatic carbocycles. The van der Waals surface area contributed by atoms with Crippen molar-refractivity contribution in [3.8, 4) is 11.1 Å². The van der Waals surface area contributed by atoms with Gasteiger partial charge in [0.05, 0.1) is 5.41 Å². The zero-order chi connectivity index (χ0) is 22.0. The van der Waals surface area contributed by atoms with Crippen LogP contribution in [0.4, 0.5) is 0 Å². The number of rotatable bonds is 2. The van der Waals surface area contributed by atoms with Crippen molar-refractivity contribution in [1.82, 2.24) is 4.57 Å². The molecule has 0 saturated carbocycles. The van der Waals surface area contributed by atoms with Crippen molar-refractivity contribution in [2.24, 2.45) is 7.05 Å². The normalized spacial score (nSPS) is 13.8. The fraction of sp³-hybridized carbons (Fsp3) is 0.0625. The summed E-state index contributed by atoms with van der Waals surface area (Å²) in [7, 11) is 2.18. The lowest BCUT2D eigenvalue weighted by Crippen LogP contribution is -2.28. The van der Waals surface area contributed by atoms with Gasteiger partial charge in [0.1, 0.15) is 0 Å². The van der Waals surface area contributed by atoms with E-state index < -0.39 is 0 Å². The highest BCUT2D eigenvalue weighted by atomic mass is 14.9. The van der Waals surface area contributed by atoms with Crippen molar-refractivity contribution in [2.45, 2.75) is 5.41 Å². The van der Waals surface area contributed by atoms with E-state index in [1.807, 2.05) is 0 Å². The van der Waals surface area contributed by atoms with Gasteiger partial charge in [-0.3, -0.25) is 0 Å². The van der Waals surface area contributed by atoms with Crippen LogP contribution in [0.1, 0.15) is 22.3 Å². The number of hydrogen-bond acceptors (Lipinski definition) is 0. The number of hydrogen-bond donors (Lipinski definition) is 0. The van der Waals surface area contributed by atoms with Crippen LogP contribution in [0.25, 0.3) is 32.9 Å². The summed E-state index contributed by atoms with van der Waals surface area (Å²) in [6.07, 6.45) is 0. The van der Waals surface area contributed by atoms with E-state index in [4.69, 9.17) is 0 Å². The highest BCUT2D eigenvalue weighted by Gasteiger charge is 2.46. The molecule has 0 atom stereocenters. The van der Waals surface area contributed by atoms with Crippen LogP contribution in [0.3, 0.4) is 0 Å². The molecule has 7 rings (SSSR count). The summed E-state index contributed by atoms with van der Waals surface area (Å²) in [5.41, 5.74) is 10.2. The van der Waals surface area contributed by atoms with Gasteiger partial charge in [0.25, 0.3) is 0 Å². The standard InChI is InChI=1S/C32H23N/c1-33-28-19-11-9-17-25(28)31-29(33)21-20-27-30(31)24-16-8-10-18-26(24)32(27,22-12-4-2-5-13-22)23-14-6-3-7-15-23/h2-21H,1H3. The average molecular weight is 422 g/mol. The number of aromatic nitrogens is 1. The van der Waals surface area contributed by atoms with Gasteiger partial charge in [-0.2, -0.15) is 0 Å². The van der Waals surface area contributed by atoms with E-state index in [1.54, 1.807) is 0 Å². The van der Waals surface area contributed by atoms with Crippen LogP contribution < -0.4 is 0 Å². The van der Waals surface area contributed by atoms with Gasteiger partial charge in [0.2, 0.25) is 0 Å². The third-order valence-corrected chi connectivity index (χ3v) is 7.50. The van der Waals surface area contributed by atoms with Crippen LogP contribution in [-0.4, -0.2) is 4.57 Å². The van der Waals surface area contributed by atoms with E-state index in [1.165, 1.54) is 55.2 Å². The van der Waals surface area contributed by atoms with Gasteiger partial charge >= 0.3 is 0 Å². The maximum atomic E-state index is 2.37. The summed E-state index contributed by atoms with van der Waals surface area (Å²) in [5.74, 6) is 0. The highest BCUT2D eigenvalue weighted by Crippen LogP contribution is 2.58. The van der Waals surface area contributed by atoms with Crippen LogP contribution in [-0.2, 0) is 12.5 Å². The molecule has 1 aromatic heterocycles. The number of fused-ring (bicyclic) bond motifs is 7. The molecular weight excluding hydrogens is 398 g/mol. The largest absolute Gasteiger partial charge is 0.344 e. The van der Waals surface area contributed by atoms with E-state index in [0.717, 1.165) is 0 Å². The SMILES string of the molecule is Cn1c2ccccc2c2c3c(ccc21)C(c1ccccc1)(c1ccccc1)c1ccccc1-3. The maximum Gasteiger partial charge on any atom is 0.0713 e. The minimum Gasteiger partial charge on any atom is -0.344 e. The Labute approximate surface area is 193 Å². The predicted octanol–water partition coefficient (Wildman–Crippen LogP) is 7.69. The van der Waals surface area contributed by atoms with Gasteiger partial charge in [-0.15, -0.1) is 0 Å². The number of aryl methyl sites for hydroxylation is 1. The van der Waals surface area contributed by atoms with Crippen LogP contribution in [0.2, 0.25) is 0 Å². The lowest BCUT2D eigenvalue weighted by Gasteiger charge is -2.33. The molecule has 0 bridgehead atoms. The Hall–Kier alpha value is -4.10. The molecular formula is C32H23N. The predicted molar refractivity (Wildman–Crippen MR) is 138 cm³/mol. The van der Waals surface area contributed by atoms with Gasteiger partial charge in [0, 0.05) is 28.9 Å². The van der Waals surface area contributed by atoms with Crippen molar-refractivity contribution in [2.75, 3.05) is 0 Å². The Morgan fingerprint density at radius 3 is 1.85 bits per heavy atom. The third kappa shape index (κ3) is 2.27. The summed E-state index contributed by atoms with van der Waals surface area (Å²) in [4.78, 5) is 0. The quantitative estimate of drug-likeness (QED) is 0.270. The van der Waals surface area contributed by atoms with Gasteiger partial charge in [-0.05, 0) is 45.5 Å². The van der Waals surface area contributed by atoms with Gasteiger partial charge in [0.15, 0.2) is 0 Å². The first kappa shape index (κ1) is 18.5. The molecule has 0 unspecified atom stereocenters. The molecule has 33 heavy (non-hydrogen) atoms. The Morgan fingerprint density at radius 1 is 0.515 bits per heavy atom. The molecule has 0 amide bonds. The molecule has 0 fully saturated rings. The van der Waals surface area contributed by atoms with Crippen molar-refractivity contribution in [3.63, 3.8) is 0 Å². The first-order valence-electron chi connectivity index (χ1n) is 11.5. The number of nitrogens with zero attached hydrogens (tertiary/aromatic N) is 1. The fourth-order valence-electron chi connectivity index (χ4n) is 6.18. The summed E-state index contributed by atoms with van der Waals surface area (Å²) in [6, 6.07) is 44.5. The zero-order valence-corrected chi connectivity index (χ0v) is 18.5. The molecule has 1 aliphatic carbocycles. The third-order valence-electron chi connectivity index (χ3n) is 7.50. The molecule has 1 heterocycles. The van der Waals surface area contributed by atoms with Crippen LogP contribution in [0.5, 0.6) is 0 Å². The Balaban J connectivity index is 1.74. The maximum absolute atomic E-state index is 2.37. The molecule has 156 valence electrons. The molecule has 0 spiro atoms. The van der Waals surface area contributed by atoms with Crippen molar-refractivity contribution in [3.05, 3.63) is 144 Å². The zero-order valence-electron chi connectivity index (χ0n) is 18.5. The van der Waals surface area contributed by atoms with E-state index in [9.17, 15) is 0 Å². The van der Waals surface area contributed by atoms with E-state index in [-0.39, 0.29) is 5.41 Å². The molecule has 0 radical (unpaired) electrons. The Bertz CT molecular complexity index is 1620. The van der Waals surface area contributed by atoms with Crippen molar-refractivity contribution >= 4 is 21.8 Å². The summed E-state index contributed by atoms with van der Waals surface area (Å²) in [5, 5.41) is 2.67. The number of para-hydroxylation sites is 1. The lowest BCUT2D eigenvalue weighted by molar-refractivity contribution is 0.769. The van der Waals surface area contributed by atoms with E-state index >= 15 is 0 Å². The van der Waals surface area contributed by atoms with Crippen LogP contribution in [0.15, 0.2) is 121 Å². The van der Waals surface area contributed by atoms with E-state index in [0.29, 0.717) is 0 Å². The van der Waals surface area contributed by atoms with Gasteiger partial charge in [-0.25, -0.2) is 0 Å². The molecule has 0 saturated heterocycles. The molecule has 6 aromatic rings. The highest BCUT2D eigenvalue weighted by molar-refractivity contribution is 6.17. The number of benzene rings is 5. The Morgan fingerprint density at radius 2 is 1.12 bits per heavy atom. The fourth-order valence-corrected chi connectivity index (χ4v) is 6.18. The molecule has 0 aliphatic heterocycles. The molecule has 1 aliphatic rings. The average Bonchev–Trinajstić information content (AvgIpc) is 3.35. The molecule has 1 heteroatoms. The molecule has 0 N–H and O–H groups in total. The minimum atomic E-state index is -0.348. The first-order valence-corrected chi connectivity index (χ1v) is 11.5. The topological polar surface area (TPSA) is 4.93 Å². The molecule has 1 nitrogen and oxygen atoms in total. The monoisotopic (exact) mass is 421 g/mol.